The molecule has 0 spiro atoms. The standard InChI is InChI=1S/C6H7ClN2O/c7-3-5-8-6(10-9-5)4-1-2-4/h4H,1-3H2. The zero-order valence-electron chi connectivity index (χ0n) is 5.38. The molecule has 2 rings (SSSR count). The first-order valence-corrected chi connectivity index (χ1v) is 3.82. The highest BCUT2D eigenvalue weighted by Crippen LogP contribution is 2.38. The molecule has 1 aliphatic rings. The SMILES string of the molecule is ClCc1noc(C2CC2)n1. The summed E-state index contributed by atoms with van der Waals surface area (Å²) in [5.74, 6) is 2.24. The van der Waals surface area contributed by atoms with Crippen molar-refractivity contribution in [3.63, 3.8) is 0 Å². The largest absolute Gasteiger partial charge is 0.339 e. The minimum absolute atomic E-state index is 0.343. The number of aromatic nitrogens is 2. The highest BCUT2D eigenvalue weighted by molar-refractivity contribution is 6.16. The molecular formula is C6H7ClN2O. The summed E-state index contributed by atoms with van der Waals surface area (Å²) >= 11 is 5.48. The van der Waals surface area contributed by atoms with E-state index in [1.54, 1.807) is 0 Å². The van der Waals surface area contributed by atoms with Crippen LogP contribution < -0.4 is 0 Å². The number of alkyl halides is 1. The molecule has 1 fully saturated rings. The van der Waals surface area contributed by atoms with Crippen molar-refractivity contribution in [2.45, 2.75) is 24.6 Å². The highest BCUT2D eigenvalue weighted by atomic mass is 35.5. The van der Waals surface area contributed by atoms with Crippen molar-refractivity contribution >= 4 is 11.6 Å². The Morgan fingerprint density at radius 3 is 2.90 bits per heavy atom. The quantitative estimate of drug-likeness (QED) is 0.615. The molecule has 0 saturated heterocycles. The Hall–Kier alpha value is -0.570. The normalized spacial score (nSPS) is 17.7. The summed E-state index contributed by atoms with van der Waals surface area (Å²) in [6, 6.07) is 0. The van der Waals surface area contributed by atoms with Gasteiger partial charge in [-0.25, -0.2) is 0 Å². The Morgan fingerprint density at radius 2 is 2.40 bits per heavy atom. The topological polar surface area (TPSA) is 38.9 Å². The van der Waals surface area contributed by atoms with E-state index < -0.39 is 0 Å². The van der Waals surface area contributed by atoms with Crippen LogP contribution in [0, 0.1) is 0 Å². The van der Waals surface area contributed by atoms with Gasteiger partial charge in [0.2, 0.25) is 5.89 Å². The first-order valence-electron chi connectivity index (χ1n) is 3.28. The van der Waals surface area contributed by atoms with Gasteiger partial charge in [0.05, 0.1) is 5.88 Å². The summed E-state index contributed by atoms with van der Waals surface area (Å²) in [7, 11) is 0. The third kappa shape index (κ3) is 1.01. The van der Waals surface area contributed by atoms with Gasteiger partial charge in [0.15, 0.2) is 5.82 Å². The van der Waals surface area contributed by atoms with Crippen LogP contribution in [0.4, 0.5) is 0 Å². The molecule has 10 heavy (non-hydrogen) atoms. The first kappa shape index (κ1) is 6.16. The molecule has 0 aromatic carbocycles. The summed E-state index contributed by atoms with van der Waals surface area (Å²) in [6.45, 7) is 0. The fraction of sp³-hybridized carbons (Fsp3) is 0.667. The van der Waals surface area contributed by atoms with Gasteiger partial charge in [0.25, 0.3) is 0 Å². The molecule has 4 heteroatoms. The van der Waals surface area contributed by atoms with Gasteiger partial charge in [-0.15, -0.1) is 11.6 Å². The van der Waals surface area contributed by atoms with Gasteiger partial charge in [-0.2, -0.15) is 4.98 Å². The lowest BCUT2D eigenvalue weighted by molar-refractivity contribution is 0.375. The maximum absolute atomic E-state index is 5.48. The predicted molar refractivity (Wildman–Crippen MR) is 35.8 cm³/mol. The number of nitrogens with zero attached hydrogens (tertiary/aromatic N) is 2. The van der Waals surface area contributed by atoms with E-state index in [9.17, 15) is 0 Å². The lowest BCUT2D eigenvalue weighted by Gasteiger charge is -1.79. The molecule has 0 aliphatic heterocycles. The maximum atomic E-state index is 5.48. The fourth-order valence-electron chi connectivity index (χ4n) is 0.818. The van der Waals surface area contributed by atoms with Gasteiger partial charge in [-0.1, -0.05) is 5.16 Å². The van der Waals surface area contributed by atoms with Crippen molar-refractivity contribution in [2.75, 3.05) is 0 Å². The average molecular weight is 159 g/mol. The van der Waals surface area contributed by atoms with E-state index in [1.165, 1.54) is 12.8 Å². The van der Waals surface area contributed by atoms with E-state index in [-0.39, 0.29) is 0 Å². The zero-order valence-corrected chi connectivity index (χ0v) is 6.14. The molecule has 1 aromatic heterocycles. The second kappa shape index (κ2) is 2.23. The molecule has 3 nitrogen and oxygen atoms in total. The van der Waals surface area contributed by atoms with Gasteiger partial charge in [0, 0.05) is 5.92 Å². The van der Waals surface area contributed by atoms with Gasteiger partial charge in [0.1, 0.15) is 0 Å². The summed E-state index contributed by atoms with van der Waals surface area (Å²) < 4.78 is 4.93. The molecule has 0 radical (unpaired) electrons. The molecule has 0 atom stereocenters. The zero-order chi connectivity index (χ0) is 6.97. The Kier molecular flexibility index (Phi) is 1.38. The van der Waals surface area contributed by atoms with Crippen molar-refractivity contribution in [1.29, 1.82) is 0 Å². The summed E-state index contributed by atoms with van der Waals surface area (Å²) in [5.41, 5.74) is 0. The average Bonchev–Trinajstić information content (AvgIpc) is 2.70. The van der Waals surface area contributed by atoms with Crippen LogP contribution in [0.5, 0.6) is 0 Å². The van der Waals surface area contributed by atoms with E-state index in [0.717, 1.165) is 5.89 Å². The third-order valence-corrected chi connectivity index (χ3v) is 1.77. The van der Waals surface area contributed by atoms with Crippen LogP contribution in [-0.2, 0) is 5.88 Å². The number of hydrogen-bond donors (Lipinski definition) is 0. The van der Waals surface area contributed by atoms with Crippen molar-refractivity contribution in [1.82, 2.24) is 10.1 Å². The van der Waals surface area contributed by atoms with E-state index in [4.69, 9.17) is 16.1 Å². The van der Waals surface area contributed by atoms with Crippen molar-refractivity contribution in [3.8, 4) is 0 Å². The smallest absolute Gasteiger partial charge is 0.229 e. The molecule has 0 N–H and O–H groups in total. The second-order valence-electron chi connectivity index (χ2n) is 2.46. The molecular weight excluding hydrogens is 152 g/mol. The van der Waals surface area contributed by atoms with Gasteiger partial charge >= 0.3 is 0 Å². The first-order chi connectivity index (χ1) is 4.90. The van der Waals surface area contributed by atoms with Crippen LogP contribution in [0.3, 0.4) is 0 Å². The molecule has 1 heterocycles. The molecule has 1 aromatic rings. The lowest BCUT2D eigenvalue weighted by Crippen LogP contribution is -1.81. The van der Waals surface area contributed by atoms with Crippen LogP contribution in [0.15, 0.2) is 4.52 Å². The molecule has 0 amide bonds. The van der Waals surface area contributed by atoms with Gasteiger partial charge in [-0.05, 0) is 12.8 Å². The van der Waals surface area contributed by atoms with Crippen LogP contribution in [0.25, 0.3) is 0 Å². The van der Waals surface area contributed by atoms with Crippen LogP contribution in [0.2, 0.25) is 0 Å². The Bertz CT molecular complexity index is 231. The molecule has 1 aliphatic carbocycles. The van der Waals surface area contributed by atoms with Crippen molar-refractivity contribution < 1.29 is 4.52 Å². The van der Waals surface area contributed by atoms with Gasteiger partial charge in [-0.3, -0.25) is 0 Å². The van der Waals surface area contributed by atoms with Crippen LogP contribution in [0.1, 0.15) is 30.5 Å². The Balaban J connectivity index is 2.19. The monoisotopic (exact) mass is 158 g/mol. The van der Waals surface area contributed by atoms with E-state index in [1.807, 2.05) is 0 Å². The Morgan fingerprint density at radius 1 is 1.60 bits per heavy atom. The number of halogens is 1. The summed E-state index contributed by atoms with van der Waals surface area (Å²) in [4.78, 5) is 4.08. The fourth-order valence-corrected chi connectivity index (χ4v) is 0.926. The van der Waals surface area contributed by atoms with E-state index in [0.29, 0.717) is 17.6 Å². The van der Waals surface area contributed by atoms with Crippen LogP contribution >= 0.6 is 11.6 Å². The summed E-state index contributed by atoms with van der Waals surface area (Å²) in [5, 5.41) is 3.68. The minimum atomic E-state index is 0.343. The number of hydrogen-bond acceptors (Lipinski definition) is 3. The number of rotatable bonds is 2. The molecule has 1 saturated carbocycles. The molecule has 0 bridgehead atoms. The molecule has 0 unspecified atom stereocenters. The molecule has 54 valence electrons. The highest BCUT2D eigenvalue weighted by Gasteiger charge is 2.29. The minimum Gasteiger partial charge on any atom is -0.339 e. The maximum Gasteiger partial charge on any atom is 0.229 e. The van der Waals surface area contributed by atoms with E-state index >= 15 is 0 Å². The van der Waals surface area contributed by atoms with Crippen molar-refractivity contribution in [2.24, 2.45) is 0 Å². The predicted octanol–water partition coefficient (Wildman–Crippen LogP) is 1.69. The van der Waals surface area contributed by atoms with Crippen molar-refractivity contribution in [3.05, 3.63) is 11.7 Å². The second-order valence-corrected chi connectivity index (χ2v) is 2.72. The van der Waals surface area contributed by atoms with E-state index in [2.05, 4.69) is 10.1 Å². The third-order valence-electron chi connectivity index (χ3n) is 1.53. The summed E-state index contributed by atoms with van der Waals surface area (Å²) in [6.07, 6.45) is 2.37. The van der Waals surface area contributed by atoms with Gasteiger partial charge < -0.3 is 4.52 Å². The Labute approximate surface area is 63.4 Å². The van der Waals surface area contributed by atoms with Crippen LogP contribution in [-0.4, -0.2) is 10.1 Å². The lowest BCUT2D eigenvalue weighted by atomic mass is 10.4.